The Hall–Kier alpha value is 1.05. The zero-order chi connectivity index (χ0) is 4.83. The predicted molar refractivity (Wildman–Crippen MR) is 39.8 cm³/mol. The molecule has 0 fully saturated rings. The van der Waals surface area contributed by atoms with Crippen LogP contribution in [0.3, 0.4) is 0 Å². The minimum absolute atomic E-state index is 1.16. The predicted octanol–water partition coefficient (Wildman–Crippen LogP) is 1.93. The fraction of sp³-hybridized carbons (Fsp3) is 1.00. The highest BCUT2D eigenvalue weighted by Crippen LogP contribution is 2.06. The van der Waals surface area contributed by atoms with Crippen molar-refractivity contribution in [2.24, 2.45) is 0 Å². The lowest BCUT2D eigenvalue weighted by Crippen LogP contribution is -1.74. The lowest BCUT2D eigenvalue weighted by atomic mass is 11.0. The molecule has 3 heteroatoms. The molecule has 0 rings (SSSR count). The molecule has 0 aromatic rings. The Morgan fingerprint density at radius 2 is 2.17 bits per heavy atom. The summed E-state index contributed by atoms with van der Waals surface area (Å²) in [7, 11) is 1.60. The molecular formula is C3H8S3. The van der Waals surface area contributed by atoms with Gasteiger partial charge in [0.25, 0.3) is 0 Å². The molecule has 0 bridgehead atoms. The van der Waals surface area contributed by atoms with Crippen molar-refractivity contribution in [1.82, 2.24) is 0 Å². The van der Waals surface area contributed by atoms with Gasteiger partial charge in [0.1, 0.15) is 0 Å². The van der Waals surface area contributed by atoms with Crippen molar-refractivity contribution in [3.8, 4) is 0 Å². The van der Waals surface area contributed by atoms with Crippen LogP contribution in [0.2, 0.25) is 0 Å². The highest BCUT2D eigenvalue weighted by atomic mass is 33.1. The zero-order valence-electron chi connectivity index (χ0n) is 3.68. The van der Waals surface area contributed by atoms with Crippen molar-refractivity contribution < 1.29 is 0 Å². The summed E-state index contributed by atoms with van der Waals surface area (Å²) in [5.74, 6) is 2.37. The van der Waals surface area contributed by atoms with E-state index in [1.807, 2.05) is 11.8 Å². The Balaban J connectivity index is 2.34. The SMILES string of the molecule is CSCCSS. The largest absolute Gasteiger partial charge is 0.165 e. The molecule has 0 unspecified atom stereocenters. The lowest BCUT2D eigenvalue weighted by Gasteiger charge is -1.85. The molecule has 0 atom stereocenters. The Morgan fingerprint density at radius 1 is 1.50 bits per heavy atom. The molecule has 0 spiro atoms. The van der Waals surface area contributed by atoms with Gasteiger partial charge in [0.05, 0.1) is 0 Å². The van der Waals surface area contributed by atoms with E-state index in [1.54, 1.807) is 10.8 Å². The number of hydrogen-bond donors (Lipinski definition) is 1. The molecule has 6 heavy (non-hydrogen) atoms. The molecule has 0 radical (unpaired) electrons. The molecule has 0 nitrogen and oxygen atoms in total. The summed E-state index contributed by atoms with van der Waals surface area (Å²) in [4.78, 5) is 0. The summed E-state index contributed by atoms with van der Waals surface area (Å²) in [5.41, 5.74) is 0. The smallest absolute Gasteiger partial charge is 0.0125 e. The second kappa shape index (κ2) is 6.05. The van der Waals surface area contributed by atoms with E-state index in [-0.39, 0.29) is 0 Å². The number of hydrogen-bond acceptors (Lipinski definition) is 3. The second-order valence-electron chi connectivity index (χ2n) is 0.826. The normalized spacial score (nSPS) is 9.00. The molecule has 0 aliphatic heterocycles. The van der Waals surface area contributed by atoms with Gasteiger partial charge in [0.2, 0.25) is 0 Å². The highest BCUT2D eigenvalue weighted by molar-refractivity contribution is 8.68. The number of thiol groups is 1. The van der Waals surface area contributed by atoms with Crippen LogP contribution in [0.4, 0.5) is 0 Å². The van der Waals surface area contributed by atoms with Crippen LogP contribution in [0.5, 0.6) is 0 Å². The zero-order valence-corrected chi connectivity index (χ0v) is 6.21. The van der Waals surface area contributed by atoms with E-state index >= 15 is 0 Å². The molecular weight excluding hydrogens is 132 g/mol. The number of thioether (sulfide) groups is 1. The van der Waals surface area contributed by atoms with Gasteiger partial charge < -0.3 is 0 Å². The van der Waals surface area contributed by atoms with Crippen LogP contribution < -0.4 is 0 Å². The maximum Gasteiger partial charge on any atom is 0.0125 e. The quantitative estimate of drug-likeness (QED) is 0.361. The molecule has 0 aliphatic carbocycles. The summed E-state index contributed by atoms with van der Waals surface area (Å²) >= 11 is 5.81. The summed E-state index contributed by atoms with van der Waals surface area (Å²) in [6.07, 6.45) is 2.10. The Kier molecular flexibility index (Phi) is 7.11. The standard InChI is InChI=1S/C3H8S3/c1-5-2-3-6-4/h4H,2-3H2,1H3. The third-order valence-corrected chi connectivity index (χ3v) is 2.18. The van der Waals surface area contributed by atoms with E-state index in [4.69, 9.17) is 0 Å². The van der Waals surface area contributed by atoms with Crippen molar-refractivity contribution in [2.75, 3.05) is 17.8 Å². The topological polar surface area (TPSA) is 0 Å². The Bertz CT molecular complexity index is 18.0. The van der Waals surface area contributed by atoms with Crippen molar-refractivity contribution in [3.63, 3.8) is 0 Å². The Morgan fingerprint density at radius 3 is 2.33 bits per heavy atom. The van der Waals surface area contributed by atoms with E-state index in [9.17, 15) is 0 Å². The average molecular weight is 140 g/mol. The van der Waals surface area contributed by atoms with Gasteiger partial charge in [-0.05, 0) is 6.26 Å². The van der Waals surface area contributed by atoms with Crippen molar-refractivity contribution >= 4 is 34.2 Å². The molecule has 0 aromatic carbocycles. The second-order valence-corrected chi connectivity index (χ2v) is 3.25. The molecule has 0 saturated carbocycles. The first-order chi connectivity index (χ1) is 2.91. The van der Waals surface area contributed by atoms with E-state index in [1.165, 1.54) is 5.75 Å². The minimum Gasteiger partial charge on any atom is -0.165 e. The van der Waals surface area contributed by atoms with Crippen LogP contribution in [0, 0.1) is 0 Å². The van der Waals surface area contributed by atoms with Crippen molar-refractivity contribution in [3.05, 3.63) is 0 Å². The van der Waals surface area contributed by atoms with Gasteiger partial charge >= 0.3 is 0 Å². The average Bonchev–Trinajstić information content (AvgIpc) is 1.61. The molecule has 0 heterocycles. The summed E-state index contributed by atoms with van der Waals surface area (Å²) < 4.78 is 0. The van der Waals surface area contributed by atoms with Gasteiger partial charge in [0.15, 0.2) is 0 Å². The molecule has 0 N–H and O–H groups in total. The fourth-order valence-electron chi connectivity index (χ4n) is 0.121. The van der Waals surface area contributed by atoms with E-state index < -0.39 is 0 Å². The van der Waals surface area contributed by atoms with E-state index in [0.29, 0.717) is 0 Å². The summed E-state index contributed by atoms with van der Waals surface area (Å²) in [6.45, 7) is 0. The maximum atomic E-state index is 3.96. The number of rotatable bonds is 3. The monoisotopic (exact) mass is 140 g/mol. The summed E-state index contributed by atoms with van der Waals surface area (Å²) in [6, 6.07) is 0. The van der Waals surface area contributed by atoms with Gasteiger partial charge in [-0.25, -0.2) is 0 Å². The maximum absolute atomic E-state index is 3.96. The third kappa shape index (κ3) is 5.05. The Labute approximate surface area is 52.3 Å². The highest BCUT2D eigenvalue weighted by Gasteiger charge is 1.76. The van der Waals surface area contributed by atoms with Crippen LogP contribution in [-0.2, 0) is 0 Å². The third-order valence-electron chi connectivity index (χ3n) is 0.379. The first-order valence-corrected chi connectivity index (χ1v) is 5.10. The van der Waals surface area contributed by atoms with Gasteiger partial charge in [-0.15, -0.1) is 11.7 Å². The molecule has 0 amide bonds. The molecule has 38 valence electrons. The van der Waals surface area contributed by atoms with Crippen molar-refractivity contribution in [1.29, 1.82) is 0 Å². The van der Waals surface area contributed by atoms with Gasteiger partial charge in [-0.1, -0.05) is 10.8 Å². The van der Waals surface area contributed by atoms with Crippen molar-refractivity contribution in [2.45, 2.75) is 0 Å². The minimum atomic E-state index is 1.16. The molecule has 0 aliphatic rings. The molecule has 0 aromatic heterocycles. The van der Waals surface area contributed by atoms with Gasteiger partial charge in [-0.2, -0.15) is 11.8 Å². The molecule has 0 saturated heterocycles. The fourth-order valence-corrected chi connectivity index (χ4v) is 1.76. The van der Waals surface area contributed by atoms with Gasteiger partial charge in [-0.3, -0.25) is 0 Å². The lowest BCUT2D eigenvalue weighted by molar-refractivity contribution is 1.57. The summed E-state index contributed by atoms with van der Waals surface area (Å²) in [5, 5.41) is 0. The van der Waals surface area contributed by atoms with E-state index in [0.717, 1.165) is 5.75 Å². The van der Waals surface area contributed by atoms with Crippen LogP contribution in [0.1, 0.15) is 0 Å². The van der Waals surface area contributed by atoms with Gasteiger partial charge in [0, 0.05) is 11.5 Å². The first-order valence-electron chi connectivity index (χ1n) is 1.67. The van der Waals surface area contributed by atoms with Crippen LogP contribution >= 0.6 is 34.2 Å². The van der Waals surface area contributed by atoms with Crippen LogP contribution in [0.25, 0.3) is 0 Å². The van der Waals surface area contributed by atoms with Crippen LogP contribution in [0.15, 0.2) is 0 Å². The first kappa shape index (κ1) is 7.05. The van der Waals surface area contributed by atoms with E-state index in [2.05, 4.69) is 17.9 Å². The van der Waals surface area contributed by atoms with Crippen LogP contribution in [-0.4, -0.2) is 17.8 Å².